The summed E-state index contributed by atoms with van der Waals surface area (Å²) in [7, 11) is 0. The van der Waals surface area contributed by atoms with Gasteiger partial charge in [0.25, 0.3) is 0 Å². The molecule has 1 heterocycles. The van der Waals surface area contributed by atoms with Crippen molar-refractivity contribution < 1.29 is 22.4 Å². The van der Waals surface area contributed by atoms with Gasteiger partial charge in [0.05, 0.1) is 0 Å². The lowest BCUT2D eigenvalue weighted by Gasteiger charge is -2.25. The second-order valence-electron chi connectivity index (χ2n) is 6.40. The van der Waals surface area contributed by atoms with Crippen molar-refractivity contribution in [2.45, 2.75) is 31.5 Å². The Bertz CT molecular complexity index is 585. The Hall–Kier alpha value is -1.34. The molecule has 24 heavy (non-hydrogen) atoms. The molecule has 0 bridgehead atoms. The maximum Gasteiger partial charge on any atom is 0.412 e. The van der Waals surface area contributed by atoms with Crippen molar-refractivity contribution in [1.29, 1.82) is 0 Å². The molecule has 1 spiro atoms. The third kappa shape index (κ3) is 3.83. The highest BCUT2D eigenvalue weighted by Gasteiger charge is 2.58. The van der Waals surface area contributed by atoms with Gasteiger partial charge in [0.15, 0.2) is 6.04 Å². The van der Waals surface area contributed by atoms with E-state index in [4.69, 9.17) is 0 Å². The molecule has 3 rings (SSSR count). The lowest BCUT2D eigenvalue weighted by Crippen LogP contribution is -2.40. The second kappa shape index (κ2) is 6.88. The number of hydrogen-bond donors (Lipinski definition) is 2. The number of amides is 1. The van der Waals surface area contributed by atoms with Crippen LogP contribution in [0.15, 0.2) is 24.3 Å². The van der Waals surface area contributed by atoms with Gasteiger partial charge in [-0.05, 0) is 55.5 Å². The van der Waals surface area contributed by atoms with E-state index in [1.54, 1.807) is 0 Å². The number of carbonyl (C=O) groups is 1. The molecule has 0 radical (unpaired) electrons. The normalized spacial score (nSPS) is 23.2. The summed E-state index contributed by atoms with van der Waals surface area (Å²) >= 11 is 0. The highest BCUT2D eigenvalue weighted by molar-refractivity contribution is 5.85. The number of hydrogen-bond acceptors (Lipinski definition) is 2. The van der Waals surface area contributed by atoms with Crippen molar-refractivity contribution in [1.82, 2.24) is 10.6 Å². The van der Waals surface area contributed by atoms with Gasteiger partial charge in [0, 0.05) is 5.92 Å². The summed E-state index contributed by atoms with van der Waals surface area (Å²) in [5, 5.41) is 5.31. The summed E-state index contributed by atoms with van der Waals surface area (Å²) in [6.07, 6.45) is -2.34. The Morgan fingerprint density at radius 1 is 1.21 bits per heavy atom. The maximum atomic E-state index is 13.3. The van der Waals surface area contributed by atoms with Gasteiger partial charge in [-0.3, -0.25) is 4.79 Å². The van der Waals surface area contributed by atoms with Crippen LogP contribution in [0.4, 0.5) is 17.6 Å². The minimum absolute atomic E-state index is 0. The number of nitrogens with one attached hydrogen (secondary N) is 2. The van der Waals surface area contributed by atoms with E-state index < -0.39 is 23.9 Å². The molecule has 2 N–H and O–H groups in total. The third-order valence-electron chi connectivity index (χ3n) is 4.92. The molecule has 3 nitrogen and oxygen atoms in total. The van der Waals surface area contributed by atoms with E-state index in [9.17, 15) is 22.4 Å². The van der Waals surface area contributed by atoms with Crippen LogP contribution in [0.2, 0.25) is 0 Å². The van der Waals surface area contributed by atoms with Crippen molar-refractivity contribution in [3.63, 3.8) is 0 Å². The molecule has 1 aromatic carbocycles. The van der Waals surface area contributed by atoms with Gasteiger partial charge in [-0.25, -0.2) is 4.39 Å². The molecule has 1 aliphatic carbocycles. The minimum atomic E-state index is -4.62. The molecule has 1 aliphatic heterocycles. The zero-order chi connectivity index (χ0) is 16.7. The van der Waals surface area contributed by atoms with E-state index >= 15 is 0 Å². The van der Waals surface area contributed by atoms with Crippen LogP contribution in [0.1, 0.15) is 30.9 Å². The highest BCUT2D eigenvalue weighted by Crippen LogP contribution is 2.58. The maximum absolute atomic E-state index is 13.3. The standard InChI is InChI=1S/C16H18F4N2O.ClH/c17-11-3-1-10(2-4-11)13(16(18,19)20)22-14(23)12-9-15(12)5-7-21-8-6-15;/h1-4,12-13,21H,5-9H2,(H,22,23);1H. The Labute approximate surface area is 143 Å². The van der Waals surface area contributed by atoms with Crippen molar-refractivity contribution in [2.75, 3.05) is 13.1 Å². The Morgan fingerprint density at radius 3 is 2.33 bits per heavy atom. The van der Waals surface area contributed by atoms with Crippen LogP contribution in [0.25, 0.3) is 0 Å². The van der Waals surface area contributed by atoms with Crippen LogP contribution >= 0.6 is 12.4 Å². The van der Waals surface area contributed by atoms with E-state index in [0.717, 1.165) is 50.2 Å². The average molecular weight is 367 g/mol. The number of alkyl halides is 3. The van der Waals surface area contributed by atoms with Crippen LogP contribution in [0.3, 0.4) is 0 Å². The first-order valence-corrected chi connectivity index (χ1v) is 7.65. The smallest absolute Gasteiger partial charge is 0.341 e. The molecule has 134 valence electrons. The van der Waals surface area contributed by atoms with Gasteiger partial charge < -0.3 is 10.6 Å². The van der Waals surface area contributed by atoms with Crippen LogP contribution in [0.5, 0.6) is 0 Å². The highest BCUT2D eigenvalue weighted by atomic mass is 35.5. The lowest BCUT2D eigenvalue weighted by molar-refractivity contribution is -0.164. The predicted octanol–water partition coefficient (Wildman–Crippen LogP) is 3.36. The largest absolute Gasteiger partial charge is 0.412 e. The SMILES string of the molecule is Cl.O=C(NC(c1ccc(F)cc1)C(F)(F)F)C1CC12CCNCC2. The van der Waals surface area contributed by atoms with E-state index in [1.165, 1.54) is 0 Å². The molecule has 0 aromatic heterocycles. The average Bonchev–Trinajstić information content (AvgIpc) is 3.19. The topological polar surface area (TPSA) is 41.1 Å². The van der Waals surface area contributed by atoms with Crippen LogP contribution in [-0.2, 0) is 4.79 Å². The summed E-state index contributed by atoms with van der Waals surface area (Å²) in [6, 6.07) is 1.94. The van der Waals surface area contributed by atoms with Crippen molar-refractivity contribution >= 4 is 18.3 Å². The molecule has 1 saturated heterocycles. The number of carbonyl (C=O) groups excluding carboxylic acids is 1. The monoisotopic (exact) mass is 366 g/mol. The summed E-state index contributed by atoms with van der Waals surface area (Å²) in [4.78, 5) is 12.3. The number of halogens is 5. The zero-order valence-electron chi connectivity index (χ0n) is 12.8. The van der Waals surface area contributed by atoms with Gasteiger partial charge in [0.1, 0.15) is 5.82 Å². The second-order valence-corrected chi connectivity index (χ2v) is 6.40. The van der Waals surface area contributed by atoms with Crippen molar-refractivity contribution in [3.8, 4) is 0 Å². The van der Waals surface area contributed by atoms with E-state index in [1.807, 2.05) is 0 Å². The van der Waals surface area contributed by atoms with Gasteiger partial charge in [-0.15, -0.1) is 12.4 Å². The lowest BCUT2D eigenvalue weighted by atomic mass is 9.91. The Morgan fingerprint density at radius 2 is 1.79 bits per heavy atom. The minimum Gasteiger partial charge on any atom is -0.341 e. The molecule has 2 fully saturated rings. The van der Waals surface area contributed by atoms with Crippen LogP contribution < -0.4 is 10.6 Å². The Balaban J connectivity index is 0.00000208. The zero-order valence-corrected chi connectivity index (χ0v) is 13.6. The van der Waals surface area contributed by atoms with Crippen molar-refractivity contribution in [2.24, 2.45) is 11.3 Å². The quantitative estimate of drug-likeness (QED) is 0.805. The molecule has 2 unspecified atom stereocenters. The molecule has 8 heteroatoms. The fourth-order valence-electron chi connectivity index (χ4n) is 3.45. The first kappa shape index (κ1) is 19.0. The number of benzene rings is 1. The van der Waals surface area contributed by atoms with Crippen LogP contribution in [-0.4, -0.2) is 25.2 Å². The van der Waals surface area contributed by atoms with Gasteiger partial charge in [-0.1, -0.05) is 12.1 Å². The Kier molecular flexibility index (Phi) is 5.44. The van der Waals surface area contributed by atoms with E-state index in [-0.39, 0.29) is 29.3 Å². The molecule has 1 aromatic rings. The number of piperidine rings is 1. The summed E-state index contributed by atoms with van der Waals surface area (Å²) < 4.78 is 52.7. The summed E-state index contributed by atoms with van der Waals surface area (Å²) in [5.41, 5.74) is -0.291. The summed E-state index contributed by atoms with van der Waals surface area (Å²) in [6.45, 7) is 1.59. The molecular weight excluding hydrogens is 348 g/mol. The van der Waals surface area contributed by atoms with E-state index in [2.05, 4.69) is 10.6 Å². The fraction of sp³-hybridized carbons (Fsp3) is 0.562. The van der Waals surface area contributed by atoms with Crippen LogP contribution in [0, 0.1) is 17.2 Å². The van der Waals surface area contributed by atoms with Crippen molar-refractivity contribution in [3.05, 3.63) is 35.6 Å². The molecule has 1 amide bonds. The van der Waals surface area contributed by atoms with Gasteiger partial charge >= 0.3 is 6.18 Å². The van der Waals surface area contributed by atoms with E-state index in [0.29, 0.717) is 6.42 Å². The molecule has 2 aliphatic rings. The molecule has 1 saturated carbocycles. The predicted molar refractivity (Wildman–Crippen MR) is 83.2 cm³/mol. The van der Waals surface area contributed by atoms with Gasteiger partial charge in [-0.2, -0.15) is 13.2 Å². The fourth-order valence-corrected chi connectivity index (χ4v) is 3.45. The first-order valence-electron chi connectivity index (χ1n) is 7.65. The number of rotatable bonds is 3. The van der Waals surface area contributed by atoms with Gasteiger partial charge in [0.2, 0.25) is 5.91 Å². The third-order valence-corrected chi connectivity index (χ3v) is 4.92. The summed E-state index contributed by atoms with van der Waals surface area (Å²) in [5.74, 6) is -1.52. The molecule has 2 atom stereocenters. The molecular formula is C16H19ClF4N2O. The first-order chi connectivity index (χ1) is 10.8.